The lowest BCUT2D eigenvalue weighted by atomic mass is 10.0. The molecule has 2 aromatic carbocycles. The number of carbonyl (C=O) groups excluding carboxylic acids is 3. The normalized spacial score (nSPS) is 11.3. The maximum Gasteiger partial charge on any atom is 0.251 e. The van der Waals surface area contributed by atoms with Gasteiger partial charge in [0.2, 0.25) is 11.8 Å². The fraction of sp³-hybridized carbons (Fsp3) is 0.318. The van der Waals surface area contributed by atoms with Gasteiger partial charge in [-0.2, -0.15) is 0 Å². The Balaban J connectivity index is 1.90. The van der Waals surface area contributed by atoms with Gasteiger partial charge in [-0.05, 0) is 37.1 Å². The minimum atomic E-state index is -0.663. The molecule has 4 N–H and O–H groups in total. The van der Waals surface area contributed by atoms with E-state index in [-0.39, 0.29) is 18.2 Å². The second kappa shape index (κ2) is 12.3. The third-order valence-electron chi connectivity index (χ3n) is 4.47. The quantitative estimate of drug-likeness (QED) is 0.265. The van der Waals surface area contributed by atoms with E-state index in [1.807, 2.05) is 24.3 Å². The number of amides is 3. The molecule has 7 nitrogen and oxygen atoms in total. The van der Waals surface area contributed by atoms with Gasteiger partial charge in [0.15, 0.2) is 0 Å². The summed E-state index contributed by atoms with van der Waals surface area (Å²) in [5.74, 6) is -0.959. The lowest BCUT2D eigenvalue weighted by molar-refractivity contribution is -0.129. The average Bonchev–Trinajstić information content (AvgIpc) is 2.76. The van der Waals surface area contributed by atoms with Crippen LogP contribution in [0.1, 0.15) is 48.9 Å². The van der Waals surface area contributed by atoms with Crippen molar-refractivity contribution < 1.29 is 19.6 Å². The lowest BCUT2D eigenvalue weighted by Gasteiger charge is -2.18. The maximum absolute atomic E-state index is 12.7. The van der Waals surface area contributed by atoms with Crippen LogP contribution in [0.15, 0.2) is 60.7 Å². The van der Waals surface area contributed by atoms with E-state index < -0.39 is 11.9 Å². The number of hydroxylamine groups is 1. The van der Waals surface area contributed by atoms with Crippen LogP contribution in [-0.4, -0.2) is 29.0 Å². The predicted octanol–water partition coefficient (Wildman–Crippen LogP) is 3.27. The number of hydrogen-bond acceptors (Lipinski definition) is 4. The summed E-state index contributed by atoms with van der Waals surface area (Å²) in [5.41, 5.74) is 2.78. The summed E-state index contributed by atoms with van der Waals surface area (Å²) in [6.07, 6.45) is 3.75. The van der Waals surface area contributed by atoms with Crippen molar-refractivity contribution in [1.29, 1.82) is 0 Å². The summed E-state index contributed by atoms with van der Waals surface area (Å²) in [4.78, 5) is 36.2. The molecule has 1 atom stereocenters. The summed E-state index contributed by atoms with van der Waals surface area (Å²) < 4.78 is 0. The summed E-state index contributed by atoms with van der Waals surface area (Å²) in [5, 5.41) is 14.1. The number of hydrogen-bond donors (Lipinski definition) is 4. The Morgan fingerprint density at radius 2 is 1.45 bits per heavy atom. The molecule has 2 aromatic rings. The van der Waals surface area contributed by atoms with Crippen molar-refractivity contribution in [3.63, 3.8) is 0 Å². The van der Waals surface area contributed by atoms with Gasteiger partial charge in [0, 0.05) is 17.7 Å². The van der Waals surface area contributed by atoms with Crippen LogP contribution in [0.3, 0.4) is 0 Å². The van der Waals surface area contributed by atoms with Gasteiger partial charge in [-0.3, -0.25) is 19.6 Å². The van der Waals surface area contributed by atoms with E-state index >= 15 is 0 Å². The Kier molecular flexibility index (Phi) is 9.38. The van der Waals surface area contributed by atoms with Crippen LogP contribution in [0, 0.1) is 0 Å². The molecule has 154 valence electrons. The standard InChI is InChI=1S/C22H27N3O4/c26-20(25-29)16-10-2-1-9-15-19(22(28)23-18-13-7-4-8-14-18)24-21(27)17-11-5-3-6-12-17/h3-8,11-14,19,29H,1-2,9-10,15-16H2,(H,23,28)(H,24,27)(H,25,26)/t19-/m0/s1. The first-order valence-corrected chi connectivity index (χ1v) is 9.75. The monoisotopic (exact) mass is 397 g/mol. The molecular weight excluding hydrogens is 370 g/mol. The van der Waals surface area contributed by atoms with E-state index in [1.54, 1.807) is 41.9 Å². The first kappa shape index (κ1) is 22.1. The van der Waals surface area contributed by atoms with Gasteiger partial charge >= 0.3 is 0 Å². The summed E-state index contributed by atoms with van der Waals surface area (Å²) in [7, 11) is 0. The fourth-order valence-electron chi connectivity index (χ4n) is 2.89. The van der Waals surface area contributed by atoms with Crippen molar-refractivity contribution in [3.05, 3.63) is 66.2 Å². The van der Waals surface area contributed by atoms with Gasteiger partial charge in [-0.1, -0.05) is 55.7 Å². The molecule has 3 amide bonds. The van der Waals surface area contributed by atoms with Crippen LogP contribution in [-0.2, 0) is 9.59 Å². The molecule has 0 aliphatic heterocycles. The first-order chi connectivity index (χ1) is 14.1. The Labute approximate surface area is 170 Å². The number of para-hydroxylation sites is 1. The molecule has 0 aliphatic carbocycles. The molecule has 0 saturated carbocycles. The van der Waals surface area contributed by atoms with Crippen molar-refractivity contribution in [2.45, 2.75) is 44.6 Å². The number of carbonyl (C=O) groups is 3. The smallest absolute Gasteiger partial charge is 0.251 e. The number of anilines is 1. The van der Waals surface area contributed by atoms with Crippen LogP contribution < -0.4 is 16.1 Å². The maximum atomic E-state index is 12.7. The highest BCUT2D eigenvalue weighted by Crippen LogP contribution is 2.12. The Morgan fingerprint density at radius 3 is 2.10 bits per heavy atom. The number of rotatable bonds is 11. The minimum absolute atomic E-state index is 0.263. The third kappa shape index (κ3) is 8.15. The van der Waals surface area contributed by atoms with E-state index in [1.165, 1.54) is 0 Å². The van der Waals surface area contributed by atoms with Crippen LogP contribution in [0.25, 0.3) is 0 Å². The Hall–Kier alpha value is -3.19. The Bertz CT molecular complexity index is 781. The molecule has 0 unspecified atom stereocenters. The molecule has 0 aliphatic rings. The van der Waals surface area contributed by atoms with Crippen LogP contribution in [0.4, 0.5) is 5.69 Å². The number of nitrogens with one attached hydrogen (secondary N) is 3. The highest BCUT2D eigenvalue weighted by atomic mass is 16.5. The molecule has 0 aromatic heterocycles. The van der Waals surface area contributed by atoms with Gasteiger partial charge in [0.1, 0.15) is 6.04 Å². The molecule has 29 heavy (non-hydrogen) atoms. The second-order valence-electron chi connectivity index (χ2n) is 6.74. The fourth-order valence-corrected chi connectivity index (χ4v) is 2.89. The van der Waals surface area contributed by atoms with E-state index in [2.05, 4.69) is 10.6 Å². The largest absolute Gasteiger partial charge is 0.340 e. The van der Waals surface area contributed by atoms with Crippen LogP contribution in [0.5, 0.6) is 0 Å². The highest BCUT2D eigenvalue weighted by Gasteiger charge is 2.21. The van der Waals surface area contributed by atoms with Gasteiger partial charge in [-0.25, -0.2) is 5.48 Å². The SMILES string of the molecule is O=C(CCCCCC[C@H](NC(=O)c1ccccc1)C(=O)Nc1ccccc1)NO. The molecular formula is C22H27N3O4. The first-order valence-electron chi connectivity index (χ1n) is 9.75. The summed E-state index contributed by atoms with van der Waals surface area (Å²) >= 11 is 0. The number of unbranched alkanes of at least 4 members (excludes halogenated alkanes) is 3. The molecule has 0 spiro atoms. The summed E-state index contributed by atoms with van der Waals surface area (Å²) in [6.45, 7) is 0. The number of benzene rings is 2. The molecule has 0 fully saturated rings. The predicted molar refractivity (Wildman–Crippen MR) is 110 cm³/mol. The van der Waals surface area contributed by atoms with Crippen LogP contribution >= 0.6 is 0 Å². The van der Waals surface area contributed by atoms with E-state index in [0.29, 0.717) is 24.1 Å². The van der Waals surface area contributed by atoms with Crippen molar-refractivity contribution in [1.82, 2.24) is 10.8 Å². The van der Waals surface area contributed by atoms with Crippen molar-refractivity contribution in [2.24, 2.45) is 0 Å². The van der Waals surface area contributed by atoms with Gasteiger partial charge < -0.3 is 10.6 Å². The van der Waals surface area contributed by atoms with Crippen molar-refractivity contribution in [2.75, 3.05) is 5.32 Å². The van der Waals surface area contributed by atoms with Gasteiger partial charge in [0.25, 0.3) is 5.91 Å². The zero-order valence-corrected chi connectivity index (χ0v) is 16.3. The molecule has 7 heteroatoms. The summed E-state index contributed by atoms with van der Waals surface area (Å²) in [6, 6.07) is 17.2. The molecule has 0 radical (unpaired) electrons. The molecule has 0 bridgehead atoms. The van der Waals surface area contributed by atoms with E-state index in [0.717, 1.165) is 19.3 Å². The highest BCUT2D eigenvalue weighted by molar-refractivity contribution is 6.01. The second-order valence-corrected chi connectivity index (χ2v) is 6.74. The van der Waals surface area contributed by atoms with E-state index in [4.69, 9.17) is 5.21 Å². The third-order valence-corrected chi connectivity index (χ3v) is 4.47. The minimum Gasteiger partial charge on any atom is -0.340 e. The zero-order valence-electron chi connectivity index (χ0n) is 16.3. The van der Waals surface area contributed by atoms with Crippen molar-refractivity contribution in [3.8, 4) is 0 Å². The van der Waals surface area contributed by atoms with Crippen LogP contribution in [0.2, 0.25) is 0 Å². The lowest BCUT2D eigenvalue weighted by Crippen LogP contribution is -2.43. The Morgan fingerprint density at radius 1 is 0.828 bits per heavy atom. The average molecular weight is 397 g/mol. The zero-order chi connectivity index (χ0) is 20.9. The van der Waals surface area contributed by atoms with Crippen molar-refractivity contribution >= 4 is 23.4 Å². The van der Waals surface area contributed by atoms with Gasteiger partial charge in [-0.15, -0.1) is 0 Å². The molecule has 0 heterocycles. The molecule has 2 rings (SSSR count). The van der Waals surface area contributed by atoms with Gasteiger partial charge in [0.05, 0.1) is 0 Å². The topological polar surface area (TPSA) is 108 Å². The van der Waals surface area contributed by atoms with E-state index in [9.17, 15) is 14.4 Å². The molecule has 0 saturated heterocycles.